The molecule has 2 aromatic rings. The average Bonchev–Trinajstić information content (AvgIpc) is 2.83. The third kappa shape index (κ3) is 6.65. The van der Waals surface area contributed by atoms with Gasteiger partial charge in [0.05, 0.1) is 11.9 Å². The first-order chi connectivity index (χ1) is 17.7. The van der Waals surface area contributed by atoms with E-state index in [9.17, 15) is 0 Å². The predicted molar refractivity (Wildman–Crippen MR) is 157 cm³/mol. The normalized spacial score (nSPS) is 19.3. The largest absolute Gasteiger partial charge is 0.369 e. The monoisotopic (exact) mass is 495 g/mol. The lowest BCUT2D eigenvalue weighted by Crippen LogP contribution is -2.50. The average molecular weight is 496 g/mol. The summed E-state index contributed by atoms with van der Waals surface area (Å²) in [6, 6.07) is 8.94. The molecule has 0 bridgehead atoms. The van der Waals surface area contributed by atoms with Crippen molar-refractivity contribution in [1.29, 1.82) is 0 Å². The molecule has 0 saturated carbocycles. The fourth-order valence-electron chi connectivity index (χ4n) is 5.56. The van der Waals surface area contributed by atoms with Crippen molar-refractivity contribution in [1.82, 2.24) is 14.9 Å². The smallest absolute Gasteiger partial charge is 0.151 e. The van der Waals surface area contributed by atoms with E-state index >= 15 is 0 Å². The number of aliphatic imine (C=N–C) groups is 1. The summed E-state index contributed by atoms with van der Waals surface area (Å²) in [4.78, 5) is 18.7. The van der Waals surface area contributed by atoms with Crippen LogP contribution in [0.25, 0.3) is 5.57 Å². The molecule has 0 radical (unpaired) electrons. The van der Waals surface area contributed by atoms with Gasteiger partial charge in [-0.05, 0) is 101 Å². The van der Waals surface area contributed by atoms with Crippen LogP contribution in [0.15, 0.2) is 82.8 Å². The molecule has 1 atom stereocenters. The van der Waals surface area contributed by atoms with Gasteiger partial charge >= 0.3 is 0 Å². The molecular weight excluding hydrogens is 454 g/mol. The van der Waals surface area contributed by atoms with Crippen molar-refractivity contribution in [3.8, 4) is 0 Å². The molecule has 2 aliphatic rings. The molecule has 194 valence electrons. The number of allylic oxidation sites excluding steroid dienone is 7. The summed E-state index contributed by atoms with van der Waals surface area (Å²) in [6.07, 6.45) is 11.5. The molecule has 2 aromatic heterocycles. The van der Waals surface area contributed by atoms with Crippen LogP contribution in [-0.2, 0) is 0 Å². The lowest BCUT2D eigenvalue weighted by Gasteiger charge is -2.42. The molecule has 0 spiro atoms. The van der Waals surface area contributed by atoms with Gasteiger partial charge in [-0.3, -0.25) is 4.98 Å². The molecule has 1 fully saturated rings. The number of aryl methyl sites for hydroxylation is 1. The van der Waals surface area contributed by atoms with Gasteiger partial charge in [-0.2, -0.15) is 0 Å². The van der Waals surface area contributed by atoms with Crippen molar-refractivity contribution >= 4 is 22.8 Å². The highest BCUT2D eigenvalue weighted by Crippen LogP contribution is 2.32. The number of rotatable bonds is 6. The van der Waals surface area contributed by atoms with Crippen LogP contribution in [-0.4, -0.2) is 46.3 Å². The van der Waals surface area contributed by atoms with E-state index in [0.717, 1.165) is 67.5 Å². The van der Waals surface area contributed by atoms with Gasteiger partial charge < -0.3 is 9.80 Å². The minimum absolute atomic E-state index is 0.446. The Kier molecular flexibility index (Phi) is 8.42. The first-order valence-electron chi connectivity index (χ1n) is 13.4. The predicted octanol–water partition coefficient (Wildman–Crippen LogP) is 7.45. The molecule has 0 N–H and O–H groups in total. The van der Waals surface area contributed by atoms with Crippen LogP contribution in [0.5, 0.6) is 0 Å². The van der Waals surface area contributed by atoms with E-state index in [2.05, 4.69) is 98.2 Å². The molecule has 37 heavy (non-hydrogen) atoms. The fourth-order valence-corrected chi connectivity index (χ4v) is 5.56. The summed E-state index contributed by atoms with van der Waals surface area (Å²) >= 11 is 0. The molecule has 0 aromatic carbocycles. The number of hydrogen-bond donors (Lipinski definition) is 0. The minimum Gasteiger partial charge on any atom is -0.369 e. The first kappa shape index (κ1) is 26.6. The molecule has 5 heteroatoms. The Morgan fingerprint density at radius 2 is 1.92 bits per heavy atom. The zero-order valence-electron chi connectivity index (χ0n) is 23.4. The SMILES string of the molecule is C=C(C)N1CCN(c2ccc(N=C(C)CC3=CCCC(C)=C(c4ccnc(C)c4)C(C)=C3)nc2)CC1C. The van der Waals surface area contributed by atoms with Crippen LogP contribution in [0.3, 0.4) is 0 Å². The highest BCUT2D eigenvalue weighted by molar-refractivity contribution is 5.88. The molecular formula is C32H41N5. The van der Waals surface area contributed by atoms with Crippen LogP contribution < -0.4 is 4.90 Å². The van der Waals surface area contributed by atoms with E-state index in [-0.39, 0.29) is 0 Å². The summed E-state index contributed by atoms with van der Waals surface area (Å²) in [6.45, 7) is 20.0. The van der Waals surface area contributed by atoms with Gasteiger partial charge in [-0.15, -0.1) is 0 Å². The van der Waals surface area contributed by atoms with Gasteiger partial charge in [0.15, 0.2) is 5.82 Å². The Labute approximate surface area is 223 Å². The Morgan fingerprint density at radius 1 is 1.11 bits per heavy atom. The lowest BCUT2D eigenvalue weighted by molar-refractivity contribution is 0.244. The topological polar surface area (TPSA) is 44.6 Å². The third-order valence-electron chi connectivity index (χ3n) is 7.31. The number of anilines is 1. The van der Waals surface area contributed by atoms with Crippen LogP contribution in [0, 0.1) is 6.92 Å². The maximum Gasteiger partial charge on any atom is 0.151 e. The van der Waals surface area contributed by atoms with Gasteiger partial charge in [-0.25, -0.2) is 9.98 Å². The Balaban J connectivity index is 1.45. The van der Waals surface area contributed by atoms with E-state index in [1.807, 2.05) is 18.5 Å². The number of hydrogen-bond acceptors (Lipinski definition) is 5. The maximum atomic E-state index is 4.85. The molecule has 5 nitrogen and oxygen atoms in total. The van der Waals surface area contributed by atoms with E-state index in [1.54, 1.807) is 0 Å². The van der Waals surface area contributed by atoms with Crippen LogP contribution >= 0.6 is 0 Å². The summed E-state index contributed by atoms with van der Waals surface area (Å²) in [5.41, 5.74) is 11.1. The molecule has 0 amide bonds. The molecule has 3 heterocycles. The molecule has 1 aliphatic carbocycles. The number of aromatic nitrogens is 2. The van der Waals surface area contributed by atoms with Crippen LogP contribution in [0.4, 0.5) is 11.5 Å². The quantitative estimate of drug-likeness (QED) is 0.390. The number of pyridine rings is 2. The van der Waals surface area contributed by atoms with E-state index in [4.69, 9.17) is 4.99 Å². The summed E-state index contributed by atoms with van der Waals surface area (Å²) in [5.74, 6) is 0.769. The van der Waals surface area contributed by atoms with Gasteiger partial charge in [0, 0.05) is 55.4 Å². The van der Waals surface area contributed by atoms with Gasteiger partial charge in [-0.1, -0.05) is 24.3 Å². The minimum atomic E-state index is 0.446. The standard InChI is InChI=1S/C32H41N5/c1-22(2)37-16-15-36(21-27(37)7)30-11-12-31(34-20-30)35-26(6)18-28-10-8-9-23(3)32(24(4)17-28)29-13-14-33-25(5)19-29/h10-14,17,19-20,27H,1,8-9,15-16,18,21H2,2-7H3. The zero-order chi connectivity index (χ0) is 26.5. The van der Waals surface area contributed by atoms with E-state index in [1.165, 1.54) is 27.9 Å². The second kappa shape index (κ2) is 11.7. The molecule has 1 aliphatic heterocycles. The molecule has 1 unspecified atom stereocenters. The van der Waals surface area contributed by atoms with Crippen molar-refractivity contribution < 1.29 is 0 Å². The summed E-state index contributed by atoms with van der Waals surface area (Å²) in [7, 11) is 0. The highest BCUT2D eigenvalue weighted by atomic mass is 15.3. The lowest BCUT2D eigenvalue weighted by atomic mass is 9.88. The number of piperazine rings is 1. The molecule has 1 saturated heterocycles. The Hall–Kier alpha value is -3.47. The number of nitrogens with zero attached hydrogens (tertiary/aromatic N) is 5. The maximum absolute atomic E-state index is 4.85. The molecule has 4 rings (SSSR count). The van der Waals surface area contributed by atoms with Crippen molar-refractivity contribution in [3.63, 3.8) is 0 Å². The van der Waals surface area contributed by atoms with Crippen LogP contribution in [0.2, 0.25) is 0 Å². The zero-order valence-corrected chi connectivity index (χ0v) is 23.4. The van der Waals surface area contributed by atoms with Crippen molar-refractivity contribution in [2.75, 3.05) is 24.5 Å². The summed E-state index contributed by atoms with van der Waals surface area (Å²) < 4.78 is 0. The summed E-state index contributed by atoms with van der Waals surface area (Å²) in [5, 5.41) is 0. The second-order valence-corrected chi connectivity index (χ2v) is 10.6. The van der Waals surface area contributed by atoms with Crippen molar-refractivity contribution in [2.45, 2.75) is 66.8 Å². The van der Waals surface area contributed by atoms with Gasteiger partial charge in [0.1, 0.15) is 0 Å². The third-order valence-corrected chi connectivity index (χ3v) is 7.31. The first-order valence-corrected chi connectivity index (χ1v) is 13.4. The van der Waals surface area contributed by atoms with Crippen molar-refractivity contribution in [3.05, 3.63) is 89.1 Å². The van der Waals surface area contributed by atoms with Crippen LogP contribution in [0.1, 0.15) is 65.1 Å². The van der Waals surface area contributed by atoms with Crippen molar-refractivity contribution in [2.24, 2.45) is 4.99 Å². The second-order valence-electron chi connectivity index (χ2n) is 10.6. The van der Waals surface area contributed by atoms with Gasteiger partial charge in [0.2, 0.25) is 0 Å². The highest BCUT2D eigenvalue weighted by Gasteiger charge is 2.23. The fraction of sp³-hybridized carbons (Fsp3) is 0.406. The van der Waals surface area contributed by atoms with E-state index in [0.29, 0.717) is 6.04 Å². The Morgan fingerprint density at radius 3 is 2.59 bits per heavy atom. The van der Waals surface area contributed by atoms with Gasteiger partial charge in [0.25, 0.3) is 0 Å². The Bertz CT molecular complexity index is 1260. The van der Waals surface area contributed by atoms with E-state index < -0.39 is 0 Å².